The number of aromatic nitrogens is 1. The molecule has 0 amide bonds. The fraction of sp³-hybridized carbons (Fsp3) is 0. The second kappa shape index (κ2) is 5.63. The van der Waals surface area contributed by atoms with E-state index in [0.29, 0.717) is 0 Å². The zero-order valence-corrected chi connectivity index (χ0v) is 15.3. The van der Waals surface area contributed by atoms with Gasteiger partial charge in [0, 0.05) is 37.1 Å². The van der Waals surface area contributed by atoms with Crippen LogP contribution in [-0.2, 0) is 0 Å². The molecule has 27 heavy (non-hydrogen) atoms. The van der Waals surface area contributed by atoms with E-state index in [4.69, 9.17) is 4.98 Å². The molecule has 1 nitrogen and oxygen atoms in total. The molecule has 0 saturated carbocycles. The van der Waals surface area contributed by atoms with Crippen LogP contribution < -0.4 is 0 Å². The highest BCUT2D eigenvalue weighted by Crippen LogP contribution is 2.42. The predicted octanol–water partition coefficient (Wildman–Crippen LogP) is 7.42. The van der Waals surface area contributed by atoms with Gasteiger partial charge in [0.1, 0.15) is 0 Å². The van der Waals surface area contributed by atoms with Crippen LogP contribution in [0.3, 0.4) is 0 Å². The molecule has 2 heterocycles. The Morgan fingerprint density at radius 1 is 0.556 bits per heavy atom. The Morgan fingerprint density at radius 2 is 1.30 bits per heavy atom. The predicted molar refractivity (Wildman–Crippen MR) is 118 cm³/mol. The molecule has 0 bridgehead atoms. The molecular formula is C25H15NS. The zero-order chi connectivity index (χ0) is 17.8. The van der Waals surface area contributed by atoms with E-state index in [-0.39, 0.29) is 0 Å². The normalized spacial score (nSPS) is 11.7. The van der Waals surface area contributed by atoms with E-state index >= 15 is 0 Å². The summed E-state index contributed by atoms with van der Waals surface area (Å²) >= 11 is 1.86. The molecule has 0 N–H and O–H groups in total. The Balaban J connectivity index is 1.83. The number of hydrogen-bond acceptors (Lipinski definition) is 2. The standard InChI is InChI=1S/C25H15NS/c1-2-11-21-20(8-1)24-19(10-4-12-22(24)27-21)18-9-3-6-16-13-14-17-7-5-15-26-25(17)23(16)18/h1-15H. The molecule has 2 aromatic heterocycles. The molecule has 126 valence electrons. The summed E-state index contributed by atoms with van der Waals surface area (Å²) in [4.78, 5) is 4.73. The van der Waals surface area contributed by atoms with Crippen LogP contribution in [-0.4, -0.2) is 4.98 Å². The van der Waals surface area contributed by atoms with Crippen molar-refractivity contribution in [2.75, 3.05) is 0 Å². The largest absolute Gasteiger partial charge is 0.256 e. The summed E-state index contributed by atoms with van der Waals surface area (Å²) in [7, 11) is 0. The molecule has 0 saturated heterocycles. The molecule has 0 aliphatic rings. The van der Waals surface area contributed by atoms with Crippen LogP contribution in [0.5, 0.6) is 0 Å². The van der Waals surface area contributed by atoms with Crippen LogP contribution in [0, 0.1) is 0 Å². The van der Waals surface area contributed by atoms with E-state index in [2.05, 4.69) is 78.9 Å². The van der Waals surface area contributed by atoms with Gasteiger partial charge in [-0.05, 0) is 34.7 Å². The van der Waals surface area contributed by atoms with Crippen LogP contribution in [0.1, 0.15) is 0 Å². The maximum absolute atomic E-state index is 4.73. The summed E-state index contributed by atoms with van der Waals surface area (Å²) in [6.45, 7) is 0. The molecular weight excluding hydrogens is 346 g/mol. The first-order valence-electron chi connectivity index (χ1n) is 9.07. The first-order valence-corrected chi connectivity index (χ1v) is 9.89. The van der Waals surface area contributed by atoms with Crippen molar-refractivity contribution in [3.05, 3.63) is 91.1 Å². The second-order valence-electron chi connectivity index (χ2n) is 6.82. The fourth-order valence-corrected chi connectivity index (χ4v) is 5.27. The Bertz CT molecular complexity index is 1480. The minimum atomic E-state index is 1.07. The van der Waals surface area contributed by atoms with Crippen molar-refractivity contribution in [1.82, 2.24) is 4.98 Å². The Morgan fingerprint density at radius 3 is 2.26 bits per heavy atom. The summed E-state index contributed by atoms with van der Waals surface area (Å²) in [5.74, 6) is 0. The first-order chi connectivity index (χ1) is 13.4. The van der Waals surface area contributed by atoms with Gasteiger partial charge in [-0.1, -0.05) is 66.7 Å². The summed E-state index contributed by atoms with van der Waals surface area (Å²) in [5.41, 5.74) is 3.61. The van der Waals surface area contributed by atoms with Gasteiger partial charge in [0.2, 0.25) is 0 Å². The summed E-state index contributed by atoms with van der Waals surface area (Å²) in [6, 6.07) is 30.4. The number of nitrogens with zero attached hydrogens (tertiary/aromatic N) is 1. The van der Waals surface area contributed by atoms with Crippen molar-refractivity contribution in [1.29, 1.82) is 0 Å². The Kier molecular flexibility index (Phi) is 3.11. The third kappa shape index (κ3) is 2.14. The van der Waals surface area contributed by atoms with E-state index in [1.165, 1.54) is 47.5 Å². The maximum atomic E-state index is 4.73. The monoisotopic (exact) mass is 361 g/mol. The SMILES string of the molecule is c1cnc2c(c1)ccc1cccc(-c3cccc4sc5ccccc5c34)c12. The lowest BCUT2D eigenvalue weighted by atomic mass is 9.93. The summed E-state index contributed by atoms with van der Waals surface area (Å²) < 4.78 is 2.67. The molecule has 6 rings (SSSR count). The number of fused-ring (bicyclic) bond motifs is 6. The highest BCUT2D eigenvalue weighted by Gasteiger charge is 2.14. The van der Waals surface area contributed by atoms with Crippen molar-refractivity contribution in [2.24, 2.45) is 0 Å². The van der Waals surface area contributed by atoms with E-state index in [9.17, 15) is 0 Å². The molecule has 2 heteroatoms. The van der Waals surface area contributed by atoms with Crippen molar-refractivity contribution in [3.8, 4) is 11.1 Å². The number of benzene rings is 4. The van der Waals surface area contributed by atoms with Crippen molar-refractivity contribution < 1.29 is 0 Å². The Labute approximate surface area is 160 Å². The van der Waals surface area contributed by atoms with Crippen molar-refractivity contribution in [3.63, 3.8) is 0 Å². The van der Waals surface area contributed by atoms with Crippen LogP contribution in [0.2, 0.25) is 0 Å². The molecule has 0 radical (unpaired) electrons. The van der Waals surface area contributed by atoms with Crippen LogP contribution >= 0.6 is 11.3 Å². The molecule has 0 unspecified atom stereocenters. The smallest absolute Gasteiger partial charge is 0.0786 e. The first kappa shape index (κ1) is 14.9. The average molecular weight is 361 g/mol. The van der Waals surface area contributed by atoms with Crippen LogP contribution in [0.15, 0.2) is 91.1 Å². The van der Waals surface area contributed by atoms with E-state index in [1.54, 1.807) is 0 Å². The van der Waals surface area contributed by atoms with Gasteiger partial charge in [-0.3, -0.25) is 4.98 Å². The van der Waals surface area contributed by atoms with Gasteiger partial charge >= 0.3 is 0 Å². The topological polar surface area (TPSA) is 12.9 Å². The highest BCUT2D eigenvalue weighted by atomic mass is 32.1. The maximum Gasteiger partial charge on any atom is 0.0786 e. The summed E-state index contributed by atoms with van der Waals surface area (Å²) in [6.07, 6.45) is 1.89. The minimum Gasteiger partial charge on any atom is -0.256 e. The molecule has 0 fully saturated rings. The van der Waals surface area contributed by atoms with E-state index in [0.717, 1.165) is 5.52 Å². The Hall–Kier alpha value is -3.23. The third-order valence-corrected chi connectivity index (χ3v) is 6.44. The molecule has 0 aliphatic heterocycles. The van der Waals surface area contributed by atoms with E-state index < -0.39 is 0 Å². The number of rotatable bonds is 1. The van der Waals surface area contributed by atoms with Gasteiger partial charge in [-0.25, -0.2) is 0 Å². The van der Waals surface area contributed by atoms with Gasteiger partial charge in [0.15, 0.2) is 0 Å². The second-order valence-corrected chi connectivity index (χ2v) is 7.91. The minimum absolute atomic E-state index is 1.07. The number of pyridine rings is 1. The molecule has 0 aliphatic carbocycles. The lowest BCUT2D eigenvalue weighted by molar-refractivity contribution is 1.43. The van der Waals surface area contributed by atoms with E-state index in [1.807, 2.05) is 23.6 Å². The van der Waals surface area contributed by atoms with Gasteiger partial charge in [0.05, 0.1) is 5.52 Å². The van der Waals surface area contributed by atoms with Crippen LogP contribution in [0.25, 0.3) is 53.0 Å². The van der Waals surface area contributed by atoms with Gasteiger partial charge in [0.25, 0.3) is 0 Å². The quantitative estimate of drug-likeness (QED) is 0.278. The molecule has 0 spiro atoms. The lowest BCUT2D eigenvalue weighted by Gasteiger charge is -2.11. The molecule has 4 aromatic carbocycles. The zero-order valence-electron chi connectivity index (χ0n) is 14.5. The molecule has 6 aromatic rings. The van der Waals surface area contributed by atoms with Crippen molar-refractivity contribution >= 4 is 53.2 Å². The highest BCUT2D eigenvalue weighted by molar-refractivity contribution is 7.25. The number of thiophene rings is 1. The third-order valence-electron chi connectivity index (χ3n) is 5.31. The number of hydrogen-bond donors (Lipinski definition) is 0. The van der Waals surface area contributed by atoms with Gasteiger partial charge in [-0.15, -0.1) is 11.3 Å². The van der Waals surface area contributed by atoms with Crippen molar-refractivity contribution in [2.45, 2.75) is 0 Å². The summed E-state index contributed by atoms with van der Waals surface area (Å²) in [5, 5.41) is 6.32. The van der Waals surface area contributed by atoms with Crippen LogP contribution in [0.4, 0.5) is 0 Å². The average Bonchev–Trinajstić information content (AvgIpc) is 3.12. The molecule has 0 atom stereocenters. The van der Waals surface area contributed by atoms with Gasteiger partial charge in [-0.2, -0.15) is 0 Å². The fourth-order valence-electron chi connectivity index (χ4n) is 4.14. The lowest BCUT2D eigenvalue weighted by Crippen LogP contribution is -1.86. The van der Waals surface area contributed by atoms with Gasteiger partial charge < -0.3 is 0 Å².